The van der Waals surface area contributed by atoms with Crippen LogP contribution in [0.25, 0.3) is 6.08 Å². The summed E-state index contributed by atoms with van der Waals surface area (Å²) in [5.41, 5.74) is 0.771. The van der Waals surface area contributed by atoms with E-state index in [-0.39, 0.29) is 23.5 Å². The summed E-state index contributed by atoms with van der Waals surface area (Å²) in [7, 11) is 1.47. The van der Waals surface area contributed by atoms with E-state index in [4.69, 9.17) is 18.6 Å². The van der Waals surface area contributed by atoms with Gasteiger partial charge in [-0.15, -0.1) is 0 Å². The zero-order valence-corrected chi connectivity index (χ0v) is 14.5. The number of benzene rings is 1. The van der Waals surface area contributed by atoms with E-state index in [1.165, 1.54) is 13.4 Å². The number of esters is 2. The van der Waals surface area contributed by atoms with E-state index in [9.17, 15) is 9.59 Å². The summed E-state index contributed by atoms with van der Waals surface area (Å²) in [6, 6.07) is 8.25. The molecule has 0 N–H and O–H groups in total. The molecule has 1 aliphatic rings. The van der Waals surface area contributed by atoms with Crippen molar-refractivity contribution in [3.8, 4) is 11.5 Å². The van der Waals surface area contributed by atoms with Crippen molar-refractivity contribution < 1.29 is 28.2 Å². The maximum Gasteiger partial charge on any atom is 0.363 e. The maximum absolute atomic E-state index is 12.0. The molecule has 0 amide bonds. The van der Waals surface area contributed by atoms with Crippen molar-refractivity contribution in [1.29, 1.82) is 0 Å². The van der Waals surface area contributed by atoms with Crippen LogP contribution in [0.2, 0.25) is 0 Å². The number of methoxy groups -OCH3 is 1. The average Bonchev–Trinajstić information content (AvgIpc) is 3.26. The van der Waals surface area contributed by atoms with Crippen molar-refractivity contribution >= 4 is 23.9 Å². The van der Waals surface area contributed by atoms with Gasteiger partial charge >= 0.3 is 11.9 Å². The normalized spacial score (nSPS) is 15.2. The molecule has 1 aliphatic heterocycles. The number of furan rings is 1. The third kappa shape index (κ3) is 3.66. The van der Waals surface area contributed by atoms with Crippen molar-refractivity contribution in [2.45, 2.75) is 13.8 Å². The predicted molar refractivity (Wildman–Crippen MR) is 92.8 cm³/mol. The highest BCUT2D eigenvalue weighted by atomic mass is 16.6. The van der Waals surface area contributed by atoms with E-state index >= 15 is 0 Å². The zero-order valence-electron chi connectivity index (χ0n) is 14.5. The Hall–Kier alpha value is -3.35. The van der Waals surface area contributed by atoms with Gasteiger partial charge in [0.25, 0.3) is 5.90 Å². The predicted octanol–water partition coefficient (Wildman–Crippen LogP) is 3.19. The van der Waals surface area contributed by atoms with Crippen molar-refractivity contribution in [3.63, 3.8) is 0 Å². The molecule has 0 atom stereocenters. The van der Waals surface area contributed by atoms with Gasteiger partial charge in [0.1, 0.15) is 0 Å². The second kappa shape index (κ2) is 7.26. The van der Waals surface area contributed by atoms with Gasteiger partial charge in [-0.3, -0.25) is 4.79 Å². The summed E-state index contributed by atoms with van der Waals surface area (Å²) in [6.45, 7) is 3.49. The molecule has 7 heteroatoms. The Labute approximate surface area is 149 Å². The molecule has 1 aromatic heterocycles. The third-order valence-corrected chi connectivity index (χ3v) is 3.53. The number of nitrogens with zero attached hydrogens (tertiary/aromatic N) is 1. The van der Waals surface area contributed by atoms with Gasteiger partial charge in [-0.05, 0) is 35.9 Å². The molecule has 0 saturated heterocycles. The van der Waals surface area contributed by atoms with E-state index < -0.39 is 5.97 Å². The number of ether oxygens (including phenoxy) is 3. The smallest absolute Gasteiger partial charge is 0.363 e. The van der Waals surface area contributed by atoms with Crippen molar-refractivity contribution in [2.75, 3.05) is 7.11 Å². The van der Waals surface area contributed by atoms with Gasteiger partial charge in [0.05, 0.1) is 19.3 Å². The Kier molecular flexibility index (Phi) is 4.88. The van der Waals surface area contributed by atoms with E-state index in [1.54, 1.807) is 50.3 Å². The number of hydrogen-bond acceptors (Lipinski definition) is 7. The van der Waals surface area contributed by atoms with Crippen molar-refractivity contribution in [2.24, 2.45) is 10.9 Å². The van der Waals surface area contributed by atoms with Gasteiger partial charge in [-0.2, -0.15) is 0 Å². The number of carbonyl (C=O) groups is 2. The molecule has 0 spiro atoms. The van der Waals surface area contributed by atoms with Crippen LogP contribution in [0.5, 0.6) is 11.5 Å². The lowest BCUT2D eigenvalue weighted by atomic mass is 10.1. The second-order valence-corrected chi connectivity index (χ2v) is 5.80. The molecule has 2 aromatic rings. The summed E-state index contributed by atoms with van der Waals surface area (Å²) in [5.74, 6) is -0.0377. The summed E-state index contributed by atoms with van der Waals surface area (Å²) in [4.78, 5) is 27.9. The molecule has 0 saturated carbocycles. The fourth-order valence-electron chi connectivity index (χ4n) is 2.16. The van der Waals surface area contributed by atoms with Crippen LogP contribution in [0.4, 0.5) is 0 Å². The Morgan fingerprint density at radius 2 is 2.04 bits per heavy atom. The van der Waals surface area contributed by atoms with Crippen molar-refractivity contribution in [3.05, 3.63) is 53.6 Å². The first-order valence-corrected chi connectivity index (χ1v) is 7.94. The number of carbonyl (C=O) groups excluding carboxylic acids is 2. The topological polar surface area (TPSA) is 87.3 Å². The van der Waals surface area contributed by atoms with Gasteiger partial charge in [-0.25, -0.2) is 9.79 Å². The molecule has 0 aliphatic carbocycles. The molecular formula is C19H17NO6. The maximum atomic E-state index is 12.0. The van der Waals surface area contributed by atoms with Crippen LogP contribution in [-0.2, 0) is 14.3 Å². The van der Waals surface area contributed by atoms with Crippen LogP contribution >= 0.6 is 0 Å². The second-order valence-electron chi connectivity index (χ2n) is 5.80. The molecule has 7 nitrogen and oxygen atoms in total. The number of hydrogen-bond donors (Lipinski definition) is 0. The van der Waals surface area contributed by atoms with Crippen LogP contribution in [0.3, 0.4) is 0 Å². The number of aliphatic imine (C=N–C) groups is 1. The molecule has 0 radical (unpaired) electrons. The van der Waals surface area contributed by atoms with Crippen molar-refractivity contribution in [1.82, 2.24) is 0 Å². The van der Waals surface area contributed by atoms with E-state index in [1.807, 2.05) is 0 Å². The molecule has 1 aromatic carbocycles. The summed E-state index contributed by atoms with van der Waals surface area (Å²) in [5, 5.41) is 0. The lowest BCUT2D eigenvalue weighted by Gasteiger charge is -2.11. The van der Waals surface area contributed by atoms with E-state index in [2.05, 4.69) is 4.99 Å². The number of rotatable bonds is 5. The number of cyclic esters (lactones) is 1. The minimum Gasteiger partial charge on any atom is -0.493 e. The van der Waals surface area contributed by atoms with Crippen LogP contribution < -0.4 is 9.47 Å². The Morgan fingerprint density at radius 3 is 2.69 bits per heavy atom. The highest BCUT2D eigenvalue weighted by molar-refractivity contribution is 6.11. The van der Waals surface area contributed by atoms with Crippen LogP contribution in [0.15, 0.2) is 51.7 Å². The van der Waals surface area contributed by atoms with Crippen LogP contribution in [0, 0.1) is 5.92 Å². The molecule has 3 rings (SSSR count). The summed E-state index contributed by atoms with van der Waals surface area (Å²) < 4.78 is 20.8. The summed E-state index contributed by atoms with van der Waals surface area (Å²) in [6.07, 6.45) is 3.02. The SMILES string of the molecule is COc1cc(/C=C2\N=C(c3ccco3)OC2=O)ccc1OC(=O)C(C)C. The zero-order chi connectivity index (χ0) is 18.7. The highest BCUT2D eigenvalue weighted by Crippen LogP contribution is 2.30. The minimum absolute atomic E-state index is 0.112. The molecule has 2 heterocycles. The lowest BCUT2D eigenvalue weighted by Crippen LogP contribution is -2.15. The van der Waals surface area contributed by atoms with Gasteiger partial charge in [0.15, 0.2) is 23.0 Å². The van der Waals surface area contributed by atoms with Gasteiger partial charge in [-0.1, -0.05) is 19.9 Å². The largest absolute Gasteiger partial charge is 0.493 e. The van der Waals surface area contributed by atoms with Gasteiger partial charge in [0, 0.05) is 0 Å². The Morgan fingerprint density at radius 1 is 1.23 bits per heavy atom. The highest BCUT2D eigenvalue weighted by Gasteiger charge is 2.26. The first-order valence-electron chi connectivity index (χ1n) is 7.94. The van der Waals surface area contributed by atoms with Crippen LogP contribution in [-0.4, -0.2) is 24.9 Å². The fourth-order valence-corrected chi connectivity index (χ4v) is 2.16. The standard InChI is InChI=1S/C19H17NO6/c1-11(2)18(21)25-14-7-6-12(10-16(14)23-3)9-13-19(22)26-17(20-13)15-5-4-8-24-15/h4-11H,1-3H3/b13-9-. The first kappa shape index (κ1) is 17.5. The quantitative estimate of drug-likeness (QED) is 0.465. The Balaban J connectivity index is 1.87. The molecule has 26 heavy (non-hydrogen) atoms. The molecular weight excluding hydrogens is 338 g/mol. The summed E-state index contributed by atoms with van der Waals surface area (Å²) >= 11 is 0. The Bertz CT molecular complexity index is 893. The lowest BCUT2D eigenvalue weighted by molar-refractivity contribution is -0.137. The molecule has 0 bridgehead atoms. The van der Waals surface area contributed by atoms with E-state index in [0.29, 0.717) is 22.8 Å². The molecule has 0 unspecified atom stereocenters. The monoisotopic (exact) mass is 355 g/mol. The molecule has 134 valence electrons. The third-order valence-electron chi connectivity index (χ3n) is 3.53. The fraction of sp³-hybridized carbons (Fsp3) is 0.211. The average molecular weight is 355 g/mol. The minimum atomic E-state index is -0.578. The van der Waals surface area contributed by atoms with Gasteiger partial charge < -0.3 is 18.6 Å². The van der Waals surface area contributed by atoms with E-state index in [0.717, 1.165) is 0 Å². The first-order chi connectivity index (χ1) is 12.5. The van der Waals surface area contributed by atoms with Gasteiger partial charge in [0.2, 0.25) is 0 Å². The van der Waals surface area contributed by atoms with Crippen LogP contribution in [0.1, 0.15) is 25.2 Å². The molecule has 0 fully saturated rings.